The molecule has 0 heterocycles. The Morgan fingerprint density at radius 1 is 0.509 bits per heavy atom. The Kier molecular flexibility index (Phi) is 50.2. The Morgan fingerprint density at radius 3 is 1.22 bits per heavy atom. The summed E-state index contributed by atoms with van der Waals surface area (Å²) in [6.45, 7) is 6.22. The number of ketones is 1. The van der Waals surface area contributed by atoms with E-state index in [-0.39, 0.29) is 54.9 Å². The molecule has 0 fully saturated rings. The first-order valence-corrected chi connectivity index (χ1v) is 22.1. The Hall–Kier alpha value is -1.10. The predicted molar refractivity (Wildman–Crippen MR) is 247 cm³/mol. The van der Waals surface area contributed by atoms with Crippen molar-refractivity contribution in [2.75, 3.05) is 19.6 Å². The fraction of sp³-hybridized carbons (Fsp3) is 0.884. The third kappa shape index (κ3) is 38.2. The van der Waals surface area contributed by atoms with Crippen LogP contribution < -0.4 is 28.7 Å². The molecule has 9 nitrogen and oxygen atoms in total. The van der Waals surface area contributed by atoms with E-state index in [1.54, 1.807) is 0 Å². The van der Waals surface area contributed by atoms with Crippen LogP contribution in [-0.4, -0.2) is 60.3 Å². The molecule has 2 unspecified atom stereocenters. The fourth-order valence-corrected chi connectivity index (χ4v) is 6.83. The third-order valence-electron chi connectivity index (χ3n) is 10.4. The number of allylic oxidation sites excluding steroid dienone is 2. The zero-order valence-corrected chi connectivity index (χ0v) is 38.0. The number of nitrogens with two attached hydrogens (primary N) is 5. The van der Waals surface area contributed by atoms with E-state index in [1.807, 2.05) is 4.90 Å². The largest absolute Gasteiger partial charge is 0.370 e. The van der Waals surface area contributed by atoms with Gasteiger partial charge in [-0.1, -0.05) is 167 Å². The van der Waals surface area contributed by atoms with Crippen LogP contribution in [0.5, 0.6) is 0 Å². The average molecular weight is 844 g/mol. The minimum Gasteiger partial charge on any atom is -0.370 e. The summed E-state index contributed by atoms with van der Waals surface area (Å²) in [6, 6.07) is -3.04. The number of Topliss-reactive ketones (excluding diaryl/α,β-unsaturated/α-hetero) is 1. The maximum atomic E-state index is 13.6. The van der Waals surface area contributed by atoms with Gasteiger partial charge < -0.3 is 33.6 Å². The molecule has 0 rings (SSSR count). The van der Waals surface area contributed by atoms with Gasteiger partial charge in [-0.05, 0) is 51.4 Å². The molecular weight excluding hydrogens is 753 g/mol. The van der Waals surface area contributed by atoms with Gasteiger partial charge in [0.2, 0.25) is 5.91 Å². The summed E-state index contributed by atoms with van der Waals surface area (Å²) in [6.07, 6.45) is 41.1. The number of aliphatic imine (C=N–C) groups is 1. The van der Waals surface area contributed by atoms with E-state index in [0.29, 0.717) is 32.5 Å². The highest BCUT2D eigenvalue weighted by Crippen LogP contribution is 2.15. The Labute approximate surface area is 358 Å². The molecule has 0 aromatic rings. The second kappa shape index (κ2) is 45.6. The molecule has 3 atom stereocenters. The quantitative estimate of drug-likeness (QED) is 0.0177. The number of amides is 1. The average Bonchev–Trinajstić information content (AvgIpc) is 3.14. The number of halogens is 3. The van der Waals surface area contributed by atoms with Crippen molar-refractivity contribution in [3.05, 3.63) is 12.2 Å². The normalized spacial score (nSPS) is 12.6. The van der Waals surface area contributed by atoms with E-state index in [9.17, 15) is 9.59 Å². The van der Waals surface area contributed by atoms with Crippen molar-refractivity contribution in [3.8, 4) is 0 Å². The number of guanidine groups is 1. The van der Waals surface area contributed by atoms with Gasteiger partial charge >= 0.3 is 0 Å². The van der Waals surface area contributed by atoms with Gasteiger partial charge in [0.1, 0.15) is 6.04 Å². The summed E-state index contributed by atoms with van der Waals surface area (Å²) in [5, 5.41) is 0. The summed E-state index contributed by atoms with van der Waals surface area (Å²) < 4.78 is 0. The molecule has 55 heavy (non-hydrogen) atoms. The van der Waals surface area contributed by atoms with Crippen LogP contribution in [0.25, 0.3) is 0 Å². The van der Waals surface area contributed by atoms with E-state index < -0.39 is 18.1 Å². The summed E-state index contributed by atoms with van der Waals surface area (Å²) in [4.78, 5) is 32.3. The summed E-state index contributed by atoms with van der Waals surface area (Å²) in [5.41, 5.74) is 29.5. The number of hydrogen-bond donors (Lipinski definition) is 5. The lowest BCUT2D eigenvalue weighted by atomic mass is 9.96. The van der Waals surface area contributed by atoms with Gasteiger partial charge in [-0.3, -0.25) is 14.6 Å². The van der Waals surface area contributed by atoms with Crippen molar-refractivity contribution >= 4 is 54.9 Å². The molecule has 0 aliphatic carbocycles. The molecule has 0 aromatic carbocycles. The Morgan fingerprint density at radius 2 is 0.855 bits per heavy atom. The highest BCUT2D eigenvalue weighted by Gasteiger charge is 2.32. The van der Waals surface area contributed by atoms with E-state index in [0.717, 1.165) is 25.7 Å². The molecule has 0 aromatic heterocycles. The van der Waals surface area contributed by atoms with E-state index in [4.69, 9.17) is 28.7 Å². The summed E-state index contributed by atoms with van der Waals surface area (Å²) >= 11 is 0. The predicted octanol–water partition coefficient (Wildman–Crippen LogP) is 10.2. The second-order valence-electron chi connectivity index (χ2n) is 15.4. The van der Waals surface area contributed by atoms with Crippen molar-refractivity contribution in [2.24, 2.45) is 33.7 Å². The van der Waals surface area contributed by atoms with E-state index in [2.05, 4.69) is 31.0 Å². The number of hydrogen-bond acceptors (Lipinski definition) is 6. The lowest BCUT2D eigenvalue weighted by Gasteiger charge is -2.29. The highest BCUT2D eigenvalue weighted by molar-refractivity contribution is 5.95. The SMILES string of the molecule is CCCCCCCC/C=C\CCCCCCCCN(CCCCCCCCCCCCCCCC)C(=O)C(N)C(N)C(=O)[C@@H](N)CCCN=C(N)N.Cl.Cl.Cl. The monoisotopic (exact) mass is 842 g/mol. The minimum absolute atomic E-state index is 0. The first-order chi connectivity index (χ1) is 25.3. The van der Waals surface area contributed by atoms with Gasteiger partial charge in [-0.25, -0.2) is 0 Å². The van der Waals surface area contributed by atoms with Crippen LogP contribution in [0.1, 0.15) is 206 Å². The van der Waals surface area contributed by atoms with Crippen LogP contribution in [-0.2, 0) is 9.59 Å². The zero-order chi connectivity index (χ0) is 38.5. The molecule has 0 saturated heterocycles. The molecular formula is C43H90Cl3N7O2. The molecule has 0 bridgehead atoms. The number of rotatable bonds is 39. The highest BCUT2D eigenvalue weighted by atomic mass is 35.5. The fourth-order valence-electron chi connectivity index (χ4n) is 6.83. The molecule has 330 valence electrons. The number of carbonyl (C=O) groups excluding carboxylic acids is 2. The lowest BCUT2D eigenvalue weighted by molar-refractivity contribution is -0.136. The Balaban J connectivity index is -0.00000433. The Bertz CT molecular complexity index is 894. The molecule has 12 heteroatoms. The zero-order valence-electron chi connectivity index (χ0n) is 35.5. The van der Waals surface area contributed by atoms with Crippen molar-refractivity contribution in [2.45, 2.75) is 225 Å². The van der Waals surface area contributed by atoms with Crippen molar-refractivity contribution in [3.63, 3.8) is 0 Å². The smallest absolute Gasteiger partial charge is 0.241 e. The van der Waals surface area contributed by atoms with Crippen molar-refractivity contribution in [1.29, 1.82) is 0 Å². The van der Waals surface area contributed by atoms with Gasteiger partial charge in [-0.2, -0.15) is 0 Å². The van der Waals surface area contributed by atoms with Gasteiger partial charge in [-0.15, -0.1) is 37.2 Å². The van der Waals surface area contributed by atoms with Crippen LogP contribution in [0, 0.1) is 0 Å². The van der Waals surface area contributed by atoms with Gasteiger partial charge in [0, 0.05) is 19.6 Å². The van der Waals surface area contributed by atoms with Gasteiger partial charge in [0.15, 0.2) is 11.7 Å². The van der Waals surface area contributed by atoms with Crippen LogP contribution >= 0.6 is 37.2 Å². The summed E-state index contributed by atoms with van der Waals surface area (Å²) in [5.74, 6) is -0.625. The van der Waals surface area contributed by atoms with Crippen molar-refractivity contribution < 1.29 is 9.59 Å². The summed E-state index contributed by atoms with van der Waals surface area (Å²) in [7, 11) is 0. The molecule has 10 N–H and O–H groups in total. The van der Waals surface area contributed by atoms with Crippen molar-refractivity contribution in [1.82, 2.24) is 4.90 Å². The second-order valence-corrected chi connectivity index (χ2v) is 15.4. The number of unbranched alkanes of at least 4 members (excludes halogenated alkanes) is 25. The topological polar surface area (TPSA) is 180 Å². The minimum atomic E-state index is -1.13. The number of carbonyl (C=O) groups is 2. The molecule has 1 amide bonds. The molecule has 0 aliphatic rings. The number of nitrogens with zero attached hydrogens (tertiary/aromatic N) is 2. The van der Waals surface area contributed by atoms with Crippen LogP contribution in [0.3, 0.4) is 0 Å². The first kappa shape index (κ1) is 60.6. The van der Waals surface area contributed by atoms with Crippen LogP contribution in [0.2, 0.25) is 0 Å². The van der Waals surface area contributed by atoms with E-state index >= 15 is 0 Å². The maximum absolute atomic E-state index is 13.6. The standard InChI is InChI=1S/C43H87N7O2.3ClH/c1-3-5-7-9-11-13-15-17-19-20-22-24-26-28-30-32-37-50(36-31-29-27-25-23-21-18-16-14-12-10-8-6-4-2)42(52)40(46)39(45)41(51)38(44)34-33-35-49-43(47)48;;;/h17,19,38-40H,3-16,18,20-37,44-46H2,1-2H3,(H4,47,48,49);3*1H/b19-17-;;;/t38-,39?,40?;;;/m0.../s1. The molecule has 0 aliphatic heterocycles. The first-order valence-electron chi connectivity index (χ1n) is 22.1. The molecule has 0 spiro atoms. The van der Waals surface area contributed by atoms with Gasteiger partial charge in [0.05, 0.1) is 12.1 Å². The molecule has 0 saturated carbocycles. The van der Waals surface area contributed by atoms with Crippen LogP contribution in [0.4, 0.5) is 0 Å². The third-order valence-corrected chi connectivity index (χ3v) is 10.4. The van der Waals surface area contributed by atoms with Gasteiger partial charge in [0.25, 0.3) is 0 Å². The maximum Gasteiger partial charge on any atom is 0.241 e. The molecule has 0 radical (unpaired) electrons. The lowest BCUT2D eigenvalue weighted by Crippen LogP contribution is -2.59. The van der Waals surface area contributed by atoms with E-state index in [1.165, 1.54) is 154 Å². The van der Waals surface area contributed by atoms with Crippen LogP contribution in [0.15, 0.2) is 17.1 Å².